The lowest BCUT2D eigenvalue weighted by molar-refractivity contribution is -0.136. The predicted molar refractivity (Wildman–Crippen MR) is 148 cm³/mol. The zero-order valence-electron chi connectivity index (χ0n) is 22.7. The standard InChI is InChI=1S/C31H45FN2O3/c1-3-24-11-9-12-25(23-24)30-27(13-10-14-28(30)32)31(37-2,18-6-8-22-35)26-16-20-34(21-17-26)29(36)15-5-4-7-19-33/h9-14,23,26,35H,3-8,15-22,33H2,1-2H3. The van der Waals surface area contributed by atoms with E-state index in [1.165, 1.54) is 6.07 Å². The first-order valence-corrected chi connectivity index (χ1v) is 14.0. The van der Waals surface area contributed by atoms with E-state index in [1.54, 1.807) is 13.2 Å². The summed E-state index contributed by atoms with van der Waals surface area (Å²) in [6.45, 7) is 4.25. The highest BCUT2D eigenvalue weighted by molar-refractivity contribution is 5.76. The Morgan fingerprint density at radius 2 is 1.86 bits per heavy atom. The number of nitrogens with two attached hydrogens (primary N) is 1. The van der Waals surface area contributed by atoms with Gasteiger partial charge in [0.15, 0.2) is 0 Å². The van der Waals surface area contributed by atoms with Gasteiger partial charge >= 0.3 is 0 Å². The van der Waals surface area contributed by atoms with Gasteiger partial charge in [-0.2, -0.15) is 0 Å². The zero-order valence-corrected chi connectivity index (χ0v) is 22.7. The normalized spacial score (nSPS) is 16.1. The number of aryl methyl sites for hydroxylation is 1. The summed E-state index contributed by atoms with van der Waals surface area (Å²) in [5, 5.41) is 9.50. The maximum Gasteiger partial charge on any atom is 0.222 e. The molecule has 1 amide bonds. The smallest absolute Gasteiger partial charge is 0.222 e. The number of carbonyl (C=O) groups excluding carboxylic acids is 1. The van der Waals surface area contributed by atoms with E-state index in [2.05, 4.69) is 19.1 Å². The van der Waals surface area contributed by atoms with Gasteiger partial charge < -0.3 is 20.5 Å². The van der Waals surface area contributed by atoms with Gasteiger partial charge in [-0.15, -0.1) is 0 Å². The molecule has 204 valence electrons. The molecule has 1 fully saturated rings. The number of nitrogens with zero attached hydrogens (tertiary/aromatic N) is 1. The predicted octanol–water partition coefficient (Wildman–Crippen LogP) is 5.82. The molecule has 3 rings (SSSR count). The zero-order chi connectivity index (χ0) is 26.7. The van der Waals surface area contributed by atoms with Crippen molar-refractivity contribution in [1.82, 2.24) is 4.90 Å². The van der Waals surface area contributed by atoms with Crippen LogP contribution in [-0.2, 0) is 21.6 Å². The molecule has 0 aromatic heterocycles. The number of rotatable bonds is 14. The molecule has 1 aliphatic heterocycles. The van der Waals surface area contributed by atoms with E-state index in [9.17, 15) is 9.90 Å². The summed E-state index contributed by atoms with van der Waals surface area (Å²) in [4.78, 5) is 14.8. The van der Waals surface area contributed by atoms with Gasteiger partial charge in [-0.05, 0) is 86.6 Å². The number of amides is 1. The molecule has 0 bridgehead atoms. The first-order valence-electron chi connectivity index (χ1n) is 14.0. The van der Waals surface area contributed by atoms with Crippen LogP contribution >= 0.6 is 0 Å². The lowest BCUT2D eigenvalue weighted by atomic mass is 9.71. The first kappa shape index (κ1) is 29.3. The maximum atomic E-state index is 15.6. The molecule has 1 heterocycles. The molecular formula is C31H45FN2O3. The summed E-state index contributed by atoms with van der Waals surface area (Å²) in [6.07, 6.45) is 7.99. The topological polar surface area (TPSA) is 75.8 Å². The largest absolute Gasteiger partial charge is 0.396 e. The number of ether oxygens (including phenoxy) is 1. The van der Waals surface area contributed by atoms with Crippen LogP contribution in [0.4, 0.5) is 4.39 Å². The number of carbonyl (C=O) groups is 1. The number of aliphatic hydroxyl groups is 1. The van der Waals surface area contributed by atoms with Crippen LogP contribution in [0.3, 0.4) is 0 Å². The summed E-state index contributed by atoms with van der Waals surface area (Å²) < 4.78 is 22.0. The Hall–Kier alpha value is -2.28. The number of unbranched alkanes of at least 4 members (excludes halogenated alkanes) is 3. The SMILES string of the molecule is CCc1cccc(-c2c(F)cccc2C(CCCCO)(OC)C2CCN(C(=O)CCCCCN)CC2)c1. The van der Waals surface area contributed by atoms with Gasteiger partial charge in [-0.25, -0.2) is 4.39 Å². The summed E-state index contributed by atoms with van der Waals surface area (Å²) >= 11 is 0. The van der Waals surface area contributed by atoms with Gasteiger partial charge in [-0.1, -0.05) is 49.7 Å². The Labute approximate surface area is 222 Å². The number of likely N-dealkylation sites (tertiary alicyclic amines) is 1. The monoisotopic (exact) mass is 512 g/mol. The van der Waals surface area contributed by atoms with Crippen molar-refractivity contribution in [3.8, 4) is 11.1 Å². The van der Waals surface area contributed by atoms with Gasteiger partial charge in [0.1, 0.15) is 5.82 Å². The molecule has 0 aliphatic carbocycles. The van der Waals surface area contributed by atoms with Crippen LogP contribution in [0.2, 0.25) is 0 Å². The molecule has 1 aliphatic rings. The minimum atomic E-state index is -0.703. The average Bonchev–Trinajstić information content (AvgIpc) is 2.93. The highest BCUT2D eigenvalue weighted by Crippen LogP contribution is 2.47. The van der Waals surface area contributed by atoms with Crippen molar-refractivity contribution in [2.45, 2.75) is 76.7 Å². The van der Waals surface area contributed by atoms with Crippen molar-refractivity contribution >= 4 is 5.91 Å². The Morgan fingerprint density at radius 1 is 1.11 bits per heavy atom. The second kappa shape index (κ2) is 14.6. The van der Waals surface area contributed by atoms with Crippen LogP contribution in [0.15, 0.2) is 42.5 Å². The van der Waals surface area contributed by atoms with E-state index >= 15 is 4.39 Å². The van der Waals surface area contributed by atoms with Crippen molar-refractivity contribution in [2.75, 3.05) is 33.4 Å². The number of hydrogen-bond acceptors (Lipinski definition) is 4. The van der Waals surface area contributed by atoms with Gasteiger partial charge in [0.05, 0.1) is 5.60 Å². The number of halogens is 1. The molecule has 0 radical (unpaired) electrons. The molecule has 2 aromatic rings. The third kappa shape index (κ3) is 7.18. The van der Waals surface area contributed by atoms with Gasteiger partial charge in [-0.3, -0.25) is 4.79 Å². The lowest BCUT2D eigenvalue weighted by Crippen LogP contribution is -2.46. The summed E-state index contributed by atoms with van der Waals surface area (Å²) in [5.41, 5.74) is 8.36. The van der Waals surface area contributed by atoms with E-state index in [1.807, 2.05) is 23.1 Å². The molecule has 2 aromatic carbocycles. The number of benzene rings is 2. The molecule has 5 nitrogen and oxygen atoms in total. The maximum absolute atomic E-state index is 15.6. The number of methoxy groups -OCH3 is 1. The summed E-state index contributed by atoms with van der Waals surface area (Å²) in [5.74, 6) is 0.0911. The highest BCUT2D eigenvalue weighted by atomic mass is 19.1. The van der Waals surface area contributed by atoms with Crippen molar-refractivity contribution in [3.05, 3.63) is 59.4 Å². The minimum absolute atomic E-state index is 0.117. The van der Waals surface area contributed by atoms with Gasteiger partial charge in [0.2, 0.25) is 5.91 Å². The van der Waals surface area contributed by atoms with E-state index in [4.69, 9.17) is 10.5 Å². The highest BCUT2D eigenvalue weighted by Gasteiger charge is 2.44. The van der Waals surface area contributed by atoms with E-state index in [0.717, 1.165) is 61.6 Å². The fourth-order valence-corrected chi connectivity index (χ4v) is 5.90. The molecule has 37 heavy (non-hydrogen) atoms. The summed E-state index contributed by atoms with van der Waals surface area (Å²) in [6, 6.07) is 13.4. The molecule has 1 atom stereocenters. The van der Waals surface area contributed by atoms with Crippen LogP contribution in [0, 0.1) is 11.7 Å². The Balaban J connectivity index is 1.92. The molecule has 0 saturated carbocycles. The third-order valence-corrected chi connectivity index (χ3v) is 8.02. The van der Waals surface area contributed by atoms with Crippen LogP contribution in [0.1, 0.15) is 75.8 Å². The average molecular weight is 513 g/mol. The Morgan fingerprint density at radius 3 is 2.54 bits per heavy atom. The van der Waals surface area contributed by atoms with Crippen LogP contribution in [0.5, 0.6) is 0 Å². The Kier molecular flexibility index (Phi) is 11.6. The lowest BCUT2D eigenvalue weighted by Gasteiger charge is -2.45. The summed E-state index contributed by atoms with van der Waals surface area (Å²) in [7, 11) is 1.73. The van der Waals surface area contributed by atoms with E-state index in [0.29, 0.717) is 44.5 Å². The number of aliphatic hydroxyl groups excluding tert-OH is 1. The first-order chi connectivity index (χ1) is 18.0. The van der Waals surface area contributed by atoms with Gasteiger partial charge in [0, 0.05) is 38.8 Å². The quantitative estimate of drug-likeness (QED) is 0.313. The third-order valence-electron chi connectivity index (χ3n) is 8.02. The van der Waals surface area contributed by atoms with Crippen molar-refractivity contribution in [3.63, 3.8) is 0 Å². The molecule has 1 saturated heterocycles. The fraction of sp³-hybridized carbons (Fsp3) is 0.581. The van der Waals surface area contributed by atoms with E-state index in [-0.39, 0.29) is 24.2 Å². The molecule has 1 unspecified atom stereocenters. The molecule has 3 N–H and O–H groups in total. The van der Waals surface area contributed by atoms with E-state index < -0.39 is 5.60 Å². The van der Waals surface area contributed by atoms with Crippen molar-refractivity contribution < 1.29 is 19.0 Å². The second-order valence-electron chi connectivity index (χ2n) is 10.2. The number of hydrogen-bond donors (Lipinski definition) is 2. The molecule has 6 heteroatoms. The Bertz CT molecular complexity index is 990. The number of piperidine rings is 1. The van der Waals surface area contributed by atoms with Crippen LogP contribution in [0.25, 0.3) is 11.1 Å². The van der Waals surface area contributed by atoms with Crippen molar-refractivity contribution in [1.29, 1.82) is 0 Å². The van der Waals surface area contributed by atoms with Crippen molar-refractivity contribution in [2.24, 2.45) is 11.7 Å². The molecular weight excluding hydrogens is 467 g/mol. The van der Waals surface area contributed by atoms with Gasteiger partial charge in [0.25, 0.3) is 0 Å². The van der Waals surface area contributed by atoms with Crippen LogP contribution in [-0.4, -0.2) is 49.3 Å². The van der Waals surface area contributed by atoms with Crippen LogP contribution < -0.4 is 5.73 Å². The second-order valence-corrected chi connectivity index (χ2v) is 10.2. The fourth-order valence-electron chi connectivity index (χ4n) is 5.90. The minimum Gasteiger partial charge on any atom is -0.396 e. The molecule has 0 spiro atoms.